The molecule has 2 rings (SSSR count). The van der Waals surface area contributed by atoms with E-state index in [2.05, 4.69) is 0 Å². The molecule has 0 unspecified atom stereocenters. The molecule has 1 aromatic carbocycles. The molecule has 3 heteroatoms. The van der Waals surface area contributed by atoms with Gasteiger partial charge in [-0.15, -0.1) is 0 Å². The standard InChI is InChI=1S/C16H21ClO2/c17-14-9-5-4-8-13(14)12-16(15(18)19)10-6-2-1-3-7-11-16/h4-5,8-9H,1-3,6-7,10-12H2,(H,18,19). The molecule has 1 N–H and O–H groups in total. The van der Waals surface area contributed by atoms with Gasteiger partial charge < -0.3 is 5.11 Å². The van der Waals surface area contributed by atoms with Crippen molar-refractivity contribution in [2.24, 2.45) is 5.41 Å². The van der Waals surface area contributed by atoms with Gasteiger partial charge in [-0.3, -0.25) is 4.79 Å². The fraction of sp³-hybridized carbons (Fsp3) is 0.562. The average Bonchev–Trinajstić information content (AvgIpc) is 2.35. The van der Waals surface area contributed by atoms with Crippen molar-refractivity contribution in [3.05, 3.63) is 34.9 Å². The summed E-state index contributed by atoms with van der Waals surface area (Å²) in [5.41, 5.74) is 0.345. The second-order valence-corrected chi connectivity index (χ2v) is 6.03. The van der Waals surface area contributed by atoms with Gasteiger partial charge >= 0.3 is 5.97 Å². The van der Waals surface area contributed by atoms with Crippen molar-refractivity contribution in [1.29, 1.82) is 0 Å². The van der Waals surface area contributed by atoms with Crippen LogP contribution in [0.1, 0.15) is 50.5 Å². The molecule has 2 nitrogen and oxygen atoms in total. The quantitative estimate of drug-likeness (QED) is 0.871. The first-order valence-electron chi connectivity index (χ1n) is 7.11. The zero-order valence-electron chi connectivity index (χ0n) is 11.2. The topological polar surface area (TPSA) is 37.3 Å². The van der Waals surface area contributed by atoms with Crippen molar-refractivity contribution in [3.63, 3.8) is 0 Å². The zero-order chi connectivity index (χ0) is 13.7. The highest BCUT2D eigenvalue weighted by Gasteiger charge is 2.38. The Labute approximate surface area is 119 Å². The van der Waals surface area contributed by atoms with E-state index in [-0.39, 0.29) is 0 Å². The third-order valence-corrected chi connectivity index (χ3v) is 4.62. The summed E-state index contributed by atoms with van der Waals surface area (Å²) in [6, 6.07) is 7.61. The summed E-state index contributed by atoms with van der Waals surface area (Å²) in [6.45, 7) is 0. The summed E-state index contributed by atoms with van der Waals surface area (Å²) < 4.78 is 0. The monoisotopic (exact) mass is 280 g/mol. The van der Waals surface area contributed by atoms with Crippen LogP contribution < -0.4 is 0 Å². The molecule has 1 fully saturated rings. The third kappa shape index (κ3) is 3.50. The Hall–Kier alpha value is -1.02. The molecule has 0 radical (unpaired) electrons. The van der Waals surface area contributed by atoms with Gasteiger partial charge in [-0.05, 0) is 30.9 Å². The van der Waals surface area contributed by atoms with E-state index in [1.807, 2.05) is 24.3 Å². The minimum absolute atomic E-state index is 0.558. The molecule has 0 spiro atoms. The molecule has 0 bridgehead atoms. The van der Waals surface area contributed by atoms with E-state index in [9.17, 15) is 9.90 Å². The first-order valence-corrected chi connectivity index (χ1v) is 7.49. The van der Waals surface area contributed by atoms with Crippen LogP contribution >= 0.6 is 11.6 Å². The van der Waals surface area contributed by atoms with Crippen LogP contribution in [0.4, 0.5) is 0 Å². The first-order chi connectivity index (χ1) is 9.14. The fourth-order valence-electron chi connectivity index (χ4n) is 3.05. The highest BCUT2D eigenvalue weighted by molar-refractivity contribution is 6.31. The lowest BCUT2D eigenvalue weighted by Gasteiger charge is -2.31. The van der Waals surface area contributed by atoms with E-state index in [4.69, 9.17) is 11.6 Å². The van der Waals surface area contributed by atoms with Crippen molar-refractivity contribution in [3.8, 4) is 0 Å². The number of carboxylic acid groups (broad SMARTS) is 1. The molecule has 1 aliphatic carbocycles. The second-order valence-electron chi connectivity index (χ2n) is 5.62. The highest BCUT2D eigenvalue weighted by Crippen LogP contribution is 2.39. The summed E-state index contributed by atoms with van der Waals surface area (Å²) >= 11 is 6.19. The van der Waals surface area contributed by atoms with Crippen LogP contribution in [0.5, 0.6) is 0 Å². The predicted octanol–water partition coefficient (Wildman–Crippen LogP) is 4.70. The second kappa shape index (κ2) is 6.42. The van der Waals surface area contributed by atoms with Gasteiger partial charge in [0, 0.05) is 5.02 Å². The third-order valence-electron chi connectivity index (χ3n) is 4.25. The van der Waals surface area contributed by atoms with Gasteiger partial charge in [0.1, 0.15) is 0 Å². The van der Waals surface area contributed by atoms with Crippen molar-refractivity contribution in [2.75, 3.05) is 0 Å². The molecule has 19 heavy (non-hydrogen) atoms. The maximum absolute atomic E-state index is 11.8. The van der Waals surface area contributed by atoms with Gasteiger partial charge in [-0.2, -0.15) is 0 Å². The van der Waals surface area contributed by atoms with Crippen LogP contribution in [-0.4, -0.2) is 11.1 Å². The Bertz CT molecular complexity index is 434. The summed E-state index contributed by atoms with van der Waals surface area (Å²) in [5.74, 6) is -0.658. The SMILES string of the molecule is O=C(O)C1(Cc2ccccc2Cl)CCCCCCC1. The Kier molecular flexibility index (Phi) is 4.87. The van der Waals surface area contributed by atoms with Gasteiger partial charge in [0.15, 0.2) is 0 Å². The smallest absolute Gasteiger partial charge is 0.309 e. The normalized spacial score (nSPS) is 19.4. The zero-order valence-corrected chi connectivity index (χ0v) is 12.0. The lowest BCUT2D eigenvalue weighted by molar-refractivity contribution is -0.150. The molecule has 0 aliphatic heterocycles. The maximum Gasteiger partial charge on any atom is 0.309 e. The summed E-state index contributed by atoms with van der Waals surface area (Å²) in [4.78, 5) is 11.8. The summed E-state index contributed by atoms with van der Waals surface area (Å²) in [7, 11) is 0. The predicted molar refractivity (Wildman–Crippen MR) is 77.5 cm³/mol. The van der Waals surface area contributed by atoms with E-state index in [0.717, 1.165) is 44.1 Å². The molecule has 0 heterocycles. The highest BCUT2D eigenvalue weighted by atomic mass is 35.5. The minimum Gasteiger partial charge on any atom is -0.481 e. The minimum atomic E-state index is -0.658. The molecule has 0 saturated heterocycles. The molecular formula is C16H21ClO2. The van der Waals surface area contributed by atoms with E-state index < -0.39 is 11.4 Å². The molecule has 1 aliphatic rings. The number of halogens is 1. The van der Waals surface area contributed by atoms with E-state index in [1.54, 1.807) is 0 Å². The first kappa shape index (κ1) is 14.4. The van der Waals surface area contributed by atoms with E-state index >= 15 is 0 Å². The van der Waals surface area contributed by atoms with Crippen LogP contribution in [0, 0.1) is 5.41 Å². The largest absolute Gasteiger partial charge is 0.481 e. The van der Waals surface area contributed by atoms with Crippen LogP contribution in [0.2, 0.25) is 5.02 Å². The molecule has 1 saturated carbocycles. The molecular weight excluding hydrogens is 260 g/mol. The Morgan fingerprint density at radius 3 is 2.26 bits per heavy atom. The van der Waals surface area contributed by atoms with Crippen molar-refractivity contribution >= 4 is 17.6 Å². The van der Waals surface area contributed by atoms with Gasteiger partial charge in [-0.25, -0.2) is 0 Å². The van der Waals surface area contributed by atoms with Gasteiger partial charge in [0.2, 0.25) is 0 Å². The van der Waals surface area contributed by atoms with Crippen LogP contribution in [0.25, 0.3) is 0 Å². The number of hydrogen-bond acceptors (Lipinski definition) is 1. The molecule has 104 valence electrons. The number of hydrogen-bond donors (Lipinski definition) is 1. The molecule has 1 aromatic rings. The summed E-state index contributed by atoms with van der Waals surface area (Å²) in [5, 5.41) is 10.4. The van der Waals surface area contributed by atoms with Crippen LogP contribution in [0.15, 0.2) is 24.3 Å². The Morgan fingerprint density at radius 2 is 1.68 bits per heavy atom. The van der Waals surface area contributed by atoms with Crippen molar-refractivity contribution < 1.29 is 9.90 Å². The Morgan fingerprint density at radius 1 is 1.11 bits per heavy atom. The number of carboxylic acids is 1. The van der Waals surface area contributed by atoms with Crippen molar-refractivity contribution in [1.82, 2.24) is 0 Å². The number of carbonyl (C=O) groups is 1. The van der Waals surface area contributed by atoms with Gasteiger partial charge in [0.05, 0.1) is 5.41 Å². The van der Waals surface area contributed by atoms with Crippen LogP contribution in [-0.2, 0) is 11.2 Å². The lowest BCUT2D eigenvalue weighted by Crippen LogP contribution is -2.34. The molecule has 0 aromatic heterocycles. The summed E-state index contributed by atoms with van der Waals surface area (Å²) in [6.07, 6.45) is 7.66. The van der Waals surface area contributed by atoms with Gasteiger partial charge in [-0.1, -0.05) is 61.9 Å². The lowest BCUT2D eigenvalue weighted by atomic mass is 9.72. The van der Waals surface area contributed by atoms with E-state index in [0.29, 0.717) is 11.4 Å². The number of rotatable bonds is 3. The molecule has 0 amide bonds. The number of aliphatic carboxylic acids is 1. The molecule has 0 atom stereocenters. The van der Waals surface area contributed by atoms with Crippen LogP contribution in [0.3, 0.4) is 0 Å². The van der Waals surface area contributed by atoms with E-state index in [1.165, 1.54) is 6.42 Å². The Balaban J connectivity index is 2.23. The fourth-order valence-corrected chi connectivity index (χ4v) is 3.26. The number of benzene rings is 1. The maximum atomic E-state index is 11.8. The van der Waals surface area contributed by atoms with Crippen molar-refractivity contribution in [2.45, 2.75) is 51.4 Å². The average molecular weight is 281 g/mol. The van der Waals surface area contributed by atoms with Gasteiger partial charge in [0.25, 0.3) is 0 Å².